The van der Waals surface area contributed by atoms with Crippen LogP contribution in [0.1, 0.15) is 127 Å². The van der Waals surface area contributed by atoms with Gasteiger partial charge in [-0.25, -0.2) is 24.9 Å². The first-order valence-corrected chi connectivity index (χ1v) is 13.1. The van der Waals surface area contributed by atoms with Crippen LogP contribution in [0.4, 0.5) is 11.4 Å². The molecule has 0 atom stereocenters. The number of aliphatic imine (C=N–C) groups is 2. The number of benzene rings is 2. The third-order valence-electron chi connectivity index (χ3n) is 6.46. The fourth-order valence-electron chi connectivity index (χ4n) is 4.36. The molecule has 0 saturated carbocycles. The van der Waals surface area contributed by atoms with Gasteiger partial charge in [0.1, 0.15) is 6.33 Å². The molecule has 1 aromatic heterocycles. The highest BCUT2D eigenvalue weighted by atomic mass is 15.0. The van der Waals surface area contributed by atoms with Crippen molar-refractivity contribution in [1.29, 1.82) is 0 Å². The van der Waals surface area contributed by atoms with Gasteiger partial charge in [-0.3, -0.25) is 0 Å². The van der Waals surface area contributed by atoms with Gasteiger partial charge >= 0.3 is 0 Å². The van der Waals surface area contributed by atoms with E-state index in [1.807, 2.05) is 13.8 Å². The molecule has 0 radical (unpaired) electrons. The van der Waals surface area contributed by atoms with E-state index in [-0.39, 0.29) is 0 Å². The monoisotopic (exact) mass is 483 g/mol. The standard InChI is InChI=1S/C31H41N5/c1-18(2)24-13-11-14-25(19(3)4)28(24)34-22(9)30-32-17-33-31(36-30)23(10)35-29-26(20(5)6)15-12-16-27(29)21(7)8/h11-21H,1-10H3/b34-22+,35-23+. The van der Waals surface area contributed by atoms with Gasteiger partial charge in [0.05, 0.1) is 22.8 Å². The molecule has 5 heteroatoms. The zero-order chi connectivity index (χ0) is 26.6. The Kier molecular flexibility index (Phi) is 8.89. The topological polar surface area (TPSA) is 63.4 Å². The van der Waals surface area contributed by atoms with Crippen molar-refractivity contribution in [2.75, 3.05) is 0 Å². The van der Waals surface area contributed by atoms with Crippen molar-refractivity contribution in [2.45, 2.75) is 92.9 Å². The lowest BCUT2D eigenvalue weighted by atomic mass is 9.93. The molecular formula is C31H41N5. The van der Waals surface area contributed by atoms with E-state index in [1.165, 1.54) is 22.3 Å². The van der Waals surface area contributed by atoms with Crippen LogP contribution >= 0.6 is 0 Å². The molecule has 0 N–H and O–H groups in total. The van der Waals surface area contributed by atoms with Crippen molar-refractivity contribution >= 4 is 22.8 Å². The molecule has 0 unspecified atom stereocenters. The van der Waals surface area contributed by atoms with Crippen LogP contribution in [0, 0.1) is 0 Å². The number of hydrogen-bond acceptors (Lipinski definition) is 5. The molecule has 190 valence electrons. The normalized spacial score (nSPS) is 12.9. The molecule has 0 bridgehead atoms. The van der Waals surface area contributed by atoms with Gasteiger partial charge in [0, 0.05) is 0 Å². The van der Waals surface area contributed by atoms with Crippen molar-refractivity contribution in [1.82, 2.24) is 15.0 Å². The second-order valence-electron chi connectivity index (χ2n) is 10.7. The maximum Gasteiger partial charge on any atom is 0.177 e. The molecule has 0 saturated heterocycles. The minimum absolute atomic E-state index is 0.370. The summed E-state index contributed by atoms with van der Waals surface area (Å²) < 4.78 is 0. The summed E-state index contributed by atoms with van der Waals surface area (Å²) in [6.45, 7) is 21.6. The third-order valence-corrected chi connectivity index (χ3v) is 6.46. The lowest BCUT2D eigenvalue weighted by molar-refractivity contribution is 0.834. The van der Waals surface area contributed by atoms with Crippen LogP contribution < -0.4 is 0 Å². The number of rotatable bonds is 8. The summed E-state index contributed by atoms with van der Waals surface area (Å²) in [6.07, 6.45) is 1.56. The Labute approximate surface area is 217 Å². The zero-order valence-electron chi connectivity index (χ0n) is 23.6. The van der Waals surface area contributed by atoms with Crippen LogP contribution in [0.25, 0.3) is 0 Å². The first-order chi connectivity index (χ1) is 17.0. The van der Waals surface area contributed by atoms with Gasteiger partial charge in [0.15, 0.2) is 11.6 Å². The molecule has 3 rings (SSSR count). The van der Waals surface area contributed by atoms with E-state index in [1.54, 1.807) is 6.33 Å². The predicted octanol–water partition coefficient (Wildman–Crippen LogP) is 8.65. The fourth-order valence-corrected chi connectivity index (χ4v) is 4.36. The van der Waals surface area contributed by atoms with Crippen LogP contribution in [-0.4, -0.2) is 26.4 Å². The molecule has 3 aromatic rings. The van der Waals surface area contributed by atoms with Gasteiger partial charge in [0.2, 0.25) is 0 Å². The predicted molar refractivity (Wildman–Crippen MR) is 153 cm³/mol. The molecule has 2 aromatic carbocycles. The molecule has 0 aliphatic rings. The van der Waals surface area contributed by atoms with E-state index in [2.05, 4.69) is 102 Å². The molecule has 1 heterocycles. The quantitative estimate of drug-likeness (QED) is 0.301. The Morgan fingerprint density at radius 2 is 0.861 bits per heavy atom. The smallest absolute Gasteiger partial charge is 0.177 e. The third kappa shape index (κ3) is 6.13. The number of nitrogens with zero attached hydrogens (tertiary/aromatic N) is 5. The average Bonchev–Trinajstić information content (AvgIpc) is 2.83. The summed E-state index contributed by atoms with van der Waals surface area (Å²) >= 11 is 0. The van der Waals surface area contributed by atoms with Gasteiger partial charge in [-0.05, 0) is 59.8 Å². The molecular weight excluding hydrogens is 442 g/mol. The maximum absolute atomic E-state index is 5.05. The summed E-state index contributed by atoms with van der Waals surface area (Å²) in [6, 6.07) is 12.9. The van der Waals surface area contributed by atoms with Gasteiger partial charge < -0.3 is 0 Å². The van der Waals surface area contributed by atoms with E-state index >= 15 is 0 Å². The number of aromatic nitrogens is 3. The molecule has 36 heavy (non-hydrogen) atoms. The largest absolute Gasteiger partial charge is 0.249 e. The van der Waals surface area contributed by atoms with Crippen molar-refractivity contribution < 1.29 is 0 Å². The van der Waals surface area contributed by atoms with E-state index in [0.717, 1.165) is 22.8 Å². The van der Waals surface area contributed by atoms with Crippen molar-refractivity contribution in [3.05, 3.63) is 76.6 Å². The van der Waals surface area contributed by atoms with Gasteiger partial charge in [-0.2, -0.15) is 0 Å². The fraction of sp³-hybridized carbons (Fsp3) is 0.452. The molecule has 5 nitrogen and oxygen atoms in total. The van der Waals surface area contributed by atoms with E-state index in [0.29, 0.717) is 35.3 Å². The van der Waals surface area contributed by atoms with E-state index in [9.17, 15) is 0 Å². The first-order valence-electron chi connectivity index (χ1n) is 13.1. The first kappa shape index (κ1) is 27.4. The van der Waals surface area contributed by atoms with Crippen LogP contribution in [0.5, 0.6) is 0 Å². The molecule has 0 fully saturated rings. The highest BCUT2D eigenvalue weighted by Gasteiger charge is 2.17. The Bertz CT molecular complexity index is 1120. The van der Waals surface area contributed by atoms with E-state index in [4.69, 9.17) is 15.0 Å². The molecule has 0 amide bonds. The Hall–Kier alpha value is -3.21. The summed E-state index contributed by atoms with van der Waals surface area (Å²) in [5, 5.41) is 0. The van der Waals surface area contributed by atoms with Crippen LogP contribution in [-0.2, 0) is 0 Å². The van der Waals surface area contributed by atoms with Crippen molar-refractivity contribution in [2.24, 2.45) is 9.98 Å². The summed E-state index contributed by atoms with van der Waals surface area (Å²) in [5.41, 5.74) is 8.54. The van der Waals surface area contributed by atoms with Gasteiger partial charge in [0.25, 0.3) is 0 Å². The summed E-state index contributed by atoms with van der Waals surface area (Å²) in [5.74, 6) is 2.63. The lowest BCUT2D eigenvalue weighted by Crippen LogP contribution is -2.11. The second kappa shape index (κ2) is 11.7. The SMILES string of the molecule is C/C(=N\c1c(C(C)C)cccc1C(C)C)c1ncnc(/C(C)=N/c2c(C(C)C)cccc2C(C)C)n1. The lowest BCUT2D eigenvalue weighted by Gasteiger charge is -2.17. The van der Waals surface area contributed by atoms with E-state index < -0.39 is 0 Å². The average molecular weight is 484 g/mol. The zero-order valence-corrected chi connectivity index (χ0v) is 23.6. The van der Waals surface area contributed by atoms with Crippen LogP contribution in [0.2, 0.25) is 0 Å². The highest BCUT2D eigenvalue weighted by molar-refractivity contribution is 6.00. The molecule has 0 aliphatic heterocycles. The minimum Gasteiger partial charge on any atom is -0.249 e. The Morgan fingerprint density at radius 3 is 1.14 bits per heavy atom. The number of hydrogen-bond donors (Lipinski definition) is 0. The summed E-state index contributed by atoms with van der Waals surface area (Å²) in [4.78, 5) is 23.8. The highest BCUT2D eigenvalue weighted by Crippen LogP contribution is 2.36. The minimum atomic E-state index is 0.370. The van der Waals surface area contributed by atoms with Gasteiger partial charge in [-0.15, -0.1) is 0 Å². The van der Waals surface area contributed by atoms with Gasteiger partial charge in [-0.1, -0.05) is 91.8 Å². The molecule has 0 aliphatic carbocycles. The molecule has 0 spiro atoms. The van der Waals surface area contributed by atoms with Crippen molar-refractivity contribution in [3.63, 3.8) is 0 Å². The van der Waals surface area contributed by atoms with Crippen LogP contribution in [0.3, 0.4) is 0 Å². The number of para-hydroxylation sites is 2. The Morgan fingerprint density at radius 1 is 0.556 bits per heavy atom. The second-order valence-corrected chi connectivity index (χ2v) is 10.7. The van der Waals surface area contributed by atoms with Crippen LogP contribution in [0.15, 0.2) is 52.7 Å². The van der Waals surface area contributed by atoms with Crippen molar-refractivity contribution in [3.8, 4) is 0 Å². The maximum atomic E-state index is 5.05. The summed E-state index contributed by atoms with van der Waals surface area (Å²) in [7, 11) is 0. The Balaban J connectivity index is 2.08.